The first-order valence-corrected chi connectivity index (χ1v) is 4.96. The summed E-state index contributed by atoms with van der Waals surface area (Å²) in [7, 11) is 1.73. The van der Waals surface area contributed by atoms with Crippen molar-refractivity contribution in [2.24, 2.45) is 0 Å². The maximum Gasteiger partial charge on any atom is 0.223 e. The van der Waals surface area contributed by atoms with Crippen LogP contribution in [0.2, 0.25) is 0 Å². The molecule has 14 heavy (non-hydrogen) atoms. The topological polar surface area (TPSA) is 56.1 Å². The standard InChI is InChI=1S/C10H19N3O/c1-4-12-9(2)8-10(14)13(3)7-5-6-11/h9,12H,4-5,7-8H2,1-3H3. The van der Waals surface area contributed by atoms with Gasteiger partial charge in [-0.25, -0.2) is 0 Å². The summed E-state index contributed by atoms with van der Waals surface area (Å²) in [6.45, 7) is 5.39. The van der Waals surface area contributed by atoms with Gasteiger partial charge in [-0.15, -0.1) is 0 Å². The van der Waals surface area contributed by atoms with Gasteiger partial charge in [0.05, 0.1) is 12.5 Å². The molecule has 0 rings (SSSR count). The normalized spacial score (nSPS) is 11.9. The van der Waals surface area contributed by atoms with Crippen LogP contribution in [0.25, 0.3) is 0 Å². The van der Waals surface area contributed by atoms with Crippen LogP contribution in [0.3, 0.4) is 0 Å². The molecule has 1 N–H and O–H groups in total. The quantitative estimate of drug-likeness (QED) is 0.683. The molecule has 0 heterocycles. The fraction of sp³-hybridized carbons (Fsp3) is 0.800. The summed E-state index contributed by atoms with van der Waals surface area (Å²) in [5.41, 5.74) is 0. The number of carbonyl (C=O) groups excluding carboxylic acids is 1. The van der Waals surface area contributed by atoms with Crippen molar-refractivity contribution in [3.63, 3.8) is 0 Å². The van der Waals surface area contributed by atoms with Gasteiger partial charge in [0.2, 0.25) is 5.91 Å². The van der Waals surface area contributed by atoms with Crippen molar-refractivity contribution in [1.82, 2.24) is 10.2 Å². The number of carbonyl (C=O) groups is 1. The molecule has 0 aromatic heterocycles. The average molecular weight is 197 g/mol. The van der Waals surface area contributed by atoms with Gasteiger partial charge in [0.15, 0.2) is 0 Å². The minimum atomic E-state index is 0.0914. The van der Waals surface area contributed by atoms with E-state index in [0.717, 1.165) is 6.54 Å². The van der Waals surface area contributed by atoms with Gasteiger partial charge in [-0.3, -0.25) is 4.79 Å². The van der Waals surface area contributed by atoms with E-state index in [1.165, 1.54) is 0 Å². The van der Waals surface area contributed by atoms with E-state index in [4.69, 9.17) is 5.26 Å². The first-order chi connectivity index (χ1) is 6.61. The molecule has 80 valence electrons. The van der Waals surface area contributed by atoms with Crippen molar-refractivity contribution in [2.75, 3.05) is 20.1 Å². The van der Waals surface area contributed by atoms with Crippen molar-refractivity contribution in [3.8, 4) is 6.07 Å². The molecule has 4 nitrogen and oxygen atoms in total. The minimum absolute atomic E-state index is 0.0914. The summed E-state index contributed by atoms with van der Waals surface area (Å²) < 4.78 is 0. The van der Waals surface area contributed by atoms with E-state index in [0.29, 0.717) is 19.4 Å². The summed E-state index contributed by atoms with van der Waals surface area (Å²) in [5, 5.41) is 11.5. The highest BCUT2D eigenvalue weighted by Gasteiger charge is 2.11. The largest absolute Gasteiger partial charge is 0.345 e. The predicted molar refractivity (Wildman–Crippen MR) is 55.6 cm³/mol. The van der Waals surface area contributed by atoms with Crippen LogP contribution in [-0.4, -0.2) is 37.0 Å². The highest BCUT2D eigenvalue weighted by molar-refractivity contribution is 5.76. The molecule has 0 radical (unpaired) electrons. The third kappa shape index (κ3) is 5.55. The first-order valence-electron chi connectivity index (χ1n) is 4.96. The van der Waals surface area contributed by atoms with E-state index in [-0.39, 0.29) is 11.9 Å². The molecular formula is C10H19N3O. The monoisotopic (exact) mass is 197 g/mol. The van der Waals surface area contributed by atoms with E-state index < -0.39 is 0 Å². The van der Waals surface area contributed by atoms with Crippen LogP contribution in [0.1, 0.15) is 26.7 Å². The van der Waals surface area contributed by atoms with E-state index in [1.807, 2.05) is 19.9 Å². The lowest BCUT2D eigenvalue weighted by Gasteiger charge is -2.18. The molecule has 0 bridgehead atoms. The Bertz CT molecular complexity index is 210. The van der Waals surface area contributed by atoms with Gasteiger partial charge in [0.1, 0.15) is 0 Å². The molecule has 0 aliphatic carbocycles. The number of hydrogen-bond donors (Lipinski definition) is 1. The van der Waals surface area contributed by atoms with Crippen LogP contribution in [0.5, 0.6) is 0 Å². The van der Waals surface area contributed by atoms with Crippen LogP contribution in [0.4, 0.5) is 0 Å². The van der Waals surface area contributed by atoms with Crippen molar-refractivity contribution in [2.45, 2.75) is 32.7 Å². The van der Waals surface area contributed by atoms with E-state index in [9.17, 15) is 4.79 Å². The van der Waals surface area contributed by atoms with Gasteiger partial charge in [-0.1, -0.05) is 6.92 Å². The van der Waals surface area contributed by atoms with Crippen molar-refractivity contribution in [3.05, 3.63) is 0 Å². The first kappa shape index (κ1) is 12.9. The number of amides is 1. The smallest absolute Gasteiger partial charge is 0.223 e. The second-order valence-corrected chi connectivity index (χ2v) is 3.39. The van der Waals surface area contributed by atoms with Gasteiger partial charge < -0.3 is 10.2 Å². The van der Waals surface area contributed by atoms with Crippen molar-refractivity contribution < 1.29 is 4.79 Å². The van der Waals surface area contributed by atoms with Gasteiger partial charge in [-0.2, -0.15) is 5.26 Å². The van der Waals surface area contributed by atoms with E-state index >= 15 is 0 Å². The van der Waals surface area contributed by atoms with Crippen molar-refractivity contribution in [1.29, 1.82) is 5.26 Å². The Kier molecular flexibility index (Phi) is 6.77. The number of nitrogens with one attached hydrogen (secondary N) is 1. The molecule has 0 saturated heterocycles. The van der Waals surface area contributed by atoms with Crippen LogP contribution >= 0.6 is 0 Å². The van der Waals surface area contributed by atoms with Crippen LogP contribution in [0, 0.1) is 11.3 Å². The maximum atomic E-state index is 11.5. The maximum absolute atomic E-state index is 11.5. The van der Waals surface area contributed by atoms with Crippen molar-refractivity contribution >= 4 is 5.91 Å². The van der Waals surface area contributed by atoms with Gasteiger partial charge in [-0.05, 0) is 13.5 Å². The molecule has 0 spiro atoms. The zero-order chi connectivity index (χ0) is 11.0. The SMILES string of the molecule is CCNC(C)CC(=O)N(C)CCC#N. The van der Waals surface area contributed by atoms with Crippen LogP contribution < -0.4 is 5.32 Å². The molecule has 1 atom stereocenters. The molecule has 0 aliphatic heterocycles. The zero-order valence-corrected chi connectivity index (χ0v) is 9.21. The Morgan fingerprint density at radius 3 is 2.79 bits per heavy atom. The van der Waals surface area contributed by atoms with Gasteiger partial charge >= 0.3 is 0 Å². The Morgan fingerprint density at radius 1 is 1.64 bits per heavy atom. The fourth-order valence-electron chi connectivity index (χ4n) is 1.18. The molecule has 1 amide bonds. The average Bonchev–Trinajstić information content (AvgIpc) is 2.14. The summed E-state index contributed by atoms with van der Waals surface area (Å²) in [6, 6.07) is 2.23. The molecule has 0 aromatic rings. The number of nitriles is 1. The van der Waals surface area contributed by atoms with Gasteiger partial charge in [0.25, 0.3) is 0 Å². The Hall–Kier alpha value is -1.08. The van der Waals surface area contributed by atoms with Gasteiger partial charge in [0, 0.05) is 26.1 Å². The molecule has 0 saturated carbocycles. The summed E-state index contributed by atoms with van der Waals surface area (Å²) >= 11 is 0. The molecule has 4 heteroatoms. The lowest BCUT2D eigenvalue weighted by Crippen LogP contribution is -2.35. The fourth-order valence-corrected chi connectivity index (χ4v) is 1.18. The highest BCUT2D eigenvalue weighted by atomic mass is 16.2. The lowest BCUT2D eigenvalue weighted by atomic mass is 10.2. The van der Waals surface area contributed by atoms with E-state index in [2.05, 4.69) is 5.32 Å². The molecule has 1 unspecified atom stereocenters. The lowest BCUT2D eigenvalue weighted by molar-refractivity contribution is -0.130. The minimum Gasteiger partial charge on any atom is -0.345 e. The zero-order valence-electron chi connectivity index (χ0n) is 9.21. The number of rotatable bonds is 6. The number of hydrogen-bond acceptors (Lipinski definition) is 3. The molecule has 0 aromatic carbocycles. The summed E-state index contributed by atoms with van der Waals surface area (Å²) in [4.78, 5) is 13.1. The Morgan fingerprint density at radius 2 is 2.29 bits per heavy atom. The predicted octanol–water partition coefficient (Wildman–Crippen LogP) is 0.747. The highest BCUT2D eigenvalue weighted by Crippen LogP contribution is 1.97. The summed E-state index contributed by atoms with van der Waals surface area (Å²) in [5.74, 6) is 0.0914. The Balaban J connectivity index is 3.77. The second kappa shape index (κ2) is 7.34. The molecule has 0 aliphatic rings. The van der Waals surface area contributed by atoms with E-state index in [1.54, 1.807) is 11.9 Å². The summed E-state index contributed by atoms with van der Waals surface area (Å²) in [6.07, 6.45) is 0.896. The second-order valence-electron chi connectivity index (χ2n) is 3.39. The van der Waals surface area contributed by atoms with Crippen LogP contribution in [-0.2, 0) is 4.79 Å². The third-order valence-corrected chi connectivity index (χ3v) is 2.02. The molecular weight excluding hydrogens is 178 g/mol. The van der Waals surface area contributed by atoms with Crippen LogP contribution in [0.15, 0.2) is 0 Å². The number of nitrogens with zero attached hydrogens (tertiary/aromatic N) is 2. The third-order valence-electron chi connectivity index (χ3n) is 2.02. The molecule has 0 fully saturated rings. The Labute approximate surface area is 85.9 Å².